The normalized spacial score (nSPS) is 11.2. The Morgan fingerprint density at radius 1 is 1.07 bits per heavy atom. The predicted octanol–water partition coefficient (Wildman–Crippen LogP) is 3.42. The molecule has 0 spiro atoms. The average Bonchev–Trinajstić information content (AvgIpc) is 2.15. The van der Waals surface area contributed by atoms with Gasteiger partial charge in [-0.3, -0.25) is 0 Å². The number of benzene rings is 1. The van der Waals surface area contributed by atoms with Gasteiger partial charge in [0.25, 0.3) is 0 Å². The SMILES string of the molecule is CC(C)/C=C/c1ccc(N(C)C)cc1. The Morgan fingerprint density at radius 3 is 2.07 bits per heavy atom. The Balaban J connectivity index is 2.73. The van der Waals surface area contributed by atoms with Gasteiger partial charge in [0, 0.05) is 19.8 Å². The third-order valence-corrected chi connectivity index (χ3v) is 2.08. The standard InChI is InChI=1S/C13H19N/c1-11(2)5-6-12-7-9-13(10-8-12)14(3)4/h5-11H,1-4H3/b6-5+. The van der Waals surface area contributed by atoms with Crippen molar-refractivity contribution in [3.8, 4) is 0 Å². The fourth-order valence-corrected chi connectivity index (χ4v) is 1.19. The largest absolute Gasteiger partial charge is 0.378 e. The molecular weight excluding hydrogens is 170 g/mol. The summed E-state index contributed by atoms with van der Waals surface area (Å²) >= 11 is 0. The van der Waals surface area contributed by atoms with E-state index in [-0.39, 0.29) is 0 Å². The van der Waals surface area contributed by atoms with Crippen molar-refractivity contribution in [3.63, 3.8) is 0 Å². The molecule has 0 aliphatic rings. The molecule has 1 nitrogen and oxygen atoms in total. The Labute approximate surface area is 87.1 Å². The monoisotopic (exact) mass is 189 g/mol. The third-order valence-electron chi connectivity index (χ3n) is 2.08. The van der Waals surface area contributed by atoms with E-state index < -0.39 is 0 Å². The molecule has 76 valence electrons. The van der Waals surface area contributed by atoms with E-state index in [2.05, 4.69) is 69.3 Å². The molecule has 0 amide bonds. The fraction of sp³-hybridized carbons (Fsp3) is 0.385. The highest BCUT2D eigenvalue weighted by atomic mass is 15.1. The number of allylic oxidation sites excluding steroid dienone is 1. The van der Waals surface area contributed by atoms with E-state index in [0.717, 1.165) is 0 Å². The second-order valence-corrected chi connectivity index (χ2v) is 4.09. The van der Waals surface area contributed by atoms with Crippen LogP contribution in [0.4, 0.5) is 5.69 Å². The smallest absolute Gasteiger partial charge is 0.0361 e. The molecule has 0 fully saturated rings. The van der Waals surface area contributed by atoms with Gasteiger partial charge in [0.05, 0.1) is 0 Å². The first-order chi connectivity index (χ1) is 6.59. The van der Waals surface area contributed by atoms with Gasteiger partial charge in [0.15, 0.2) is 0 Å². The summed E-state index contributed by atoms with van der Waals surface area (Å²) < 4.78 is 0. The van der Waals surface area contributed by atoms with Crippen molar-refractivity contribution in [3.05, 3.63) is 35.9 Å². The van der Waals surface area contributed by atoms with Crippen LogP contribution in [0, 0.1) is 5.92 Å². The van der Waals surface area contributed by atoms with Crippen molar-refractivity contribution in [2.24, 2.45) is 5.92 Å². The lowest BCUT2D eigenvalue weighted by Gasteiger charge is -2.11. The first-order valence-electron chi connectivity index (χ1n) is 5.05. The van der Waals surface area contributed by atoms with Gasteiger partial charge in [0.1, 0.15) is 0 Å². The summed E-state index contributed by atoms with van der Waals surface area (Å²) in [6.07, 6.45) is 4.38. The van der Waals surface area contributed by atoms with Gasteiger partial charge in [-0.05, 0) is 23.6 Å². The maximum atomic E-state index is 2.21. The number of hydrogen-bond acceptors (Lipinski definition) is 1. The topological polar surface area (TPSA) is 3.24 Å². The molecule has 0 unspecified atom stereocenters. The second-order valence-electron chi connectivity index (χ2n) is 4.09. The zero-order chi connectivity index (χ0) is 10.6. The van der Waals surface area contributed by atoms with E-state index in [1.807, 2.05) is 0 Å². The zero-order valence-electron chi connectivity index (χ0n) is 9.49. The average molecular weight is 189 g/mol. The van der Waals surface area contributed by atoms with Crippen LogP contribution in [0.1, 0.15) is 19.4 Å². The predicted molar refractivity (Wildman–Crippen MR) is 64.6 cm³/mol. The van der Waals surface area contributed by atoms with E-state index in [4.69, 9.17) is 0 Å². The summed E-state index contributed by atoms with van der Waals surface area (Å²) in [6, 6.07) is 8.57. The van der Waals surface area contributed by atoms with Crippen LogP contribution in [0.25, 0.3) is 6.08 Å². The molecule has 1 aromatic carbocycles. The van der Waals surface area contributed by atoms with Crippen molar-refractivity contribution in [2.75, 3.05) is 19.0 Å². The van der Waals surface area contributed by atoms with E-state index in [1.54, 1.807) is 0 Å². The Bertz CT molecular complexity index is 294. The van der Waals surface area contributed by atoms with Gasteiger partial charge in [-0.15, -0.1) is 0 Å². The quantitative estimate of drug-likeness (QED) is 0.704. The van der Waals surface area contributed by atoms with Gasteiger partial charge in [-0.1, -0.05) is 38.1 Å². The highest BCUT2D eigenvalue weighted by molar-refractivity contribution is 5.55. The van der Waals surface area contributed by atoms with E-state index >= 15 is 0 Å². The molecule has 1 rings (SSSR count). The van der Waals surface area contributed by atoms with Crippen LogP contribution in [0.5, 0.6) is 0 Å². The van der Waals surface area contributed by atoms with E-state index in [0.29, 0.717) is 5.92 Å². The lowest BCUT2D eigenvalue weighted by atomic mass is 10.1. The highest BCUT2D eigenvalue weighted by Gasteiger charge is 1.93. The maximum absolute atomic E-state index is 2.21. The number of anilines is 1. The molecule has 0 aromatic heterocycles. The molecule has 14 heavy (non-hydrogen) atoms. The van der Waals surface area contributed by atoms with Gasteiger partial charge in [-0.2, -0.15) is 0 Å². The van der Waals surface area contributed by atoms with Gasteiger partial charge >= 0.3 is 0 Å². The summed E-state index contributed by atoms with van der Waals surface area (Å²) in [5.74, 6) is 0.614. The van der Waals surface area contributed by atoms with Gasteiger partial charge in [-0.25, -0.2) is 0 Å². The van der Waals surface area contributed by atoms with Crippen molar-refractivity contribution >= 4 is 11.8 Å². The summed E-state index contributed by atoms with van der Waals surface area (Å²) in [6.45, 7) is 4.37. The maximum Gasteiger partial charge on any atom is 0.0361 e. The van der Waals surface area contributed by atoms with Gasteiger partial charge in [0.2, 0.25) is 0 Å². The first-order valence-corrected chi connectivity index (χ1v) is 5.05. The van der Waals surface area contributed by atoms with Crippen molar-refractivity contribution < 1.29 is 0 Å². The molecule has 0 radical (unpaired) electrons. The summed E-state index contributed by atoms with van der Waals surface area (Å²) in [7, 11) is 4.11. The highest BCUT2D eigenvalue weighted by Crippen LogP contribution is 2.13. The summed E-state index contributed by atoms with van der Waals surface area (Å²) in [5.41, 5.74) is 2.51. The molecule has 0 saturated carbocycles. The molecule has 0 heterocycles. The Hall–Kier alpha value is -1.24. The van der Waals surface area contributed by atoms with Crippen LogP contribution in [0.15, 0.2) is 30.3 Å². The van der Waals surface area contributed by atoms with Crippen LogP contribution < -0.4 is 4.90 Å². The van der Waals surface area contributed by atoms with Crippen LogP contribution in [0.3, 0.4) is 0 Å². The number of rotatable bonds is 3. The molecule has 0 bridgehead atoms. The minimum absolute atomic E-state index is 0.614. The third kappa shape index (κ3) is 3.25. The van der Waals surface area contributed by atoms with Crippen molar-refractivity contribution in [1.29, 1.82) is 0 Å². The van der Waals surface area contributed by atoms with E-state index in [1.165, 1.54) is 11.3 Å². The molecule has 0 aliphatic carbocycles. The van der Waals surface area contributed by atoms with E-state index in [9.17, 15) is 0 Å². The van der Waals surface area contributed by atoms with Gasteiger partial charge < -0.3 is 4.90 Å². The van der Waals surface area contributed by atoms with Crippen LogP contribution in [-0.4, -0.2) is 14.1 Å². The zero-order valence-corrected chi connectivity index (χ0v) is 9.49. The van der Waals surface area contributed by atoms with Crippen LogP contribution in [-0.2, 0) is 0 Å². The Morgan fingerprint density at radius 2 is 1.64 bits per heavy atom. The summed E-state index contributed by atoms with van der Waals surface area (Å²) in [4.78, 5) is 2.11. The number of nitrogens with zero attached hydrogens (tertiary/aromatic N) is 1. The molecule has 1 aromatic rings. The molecule has 0 aliphatic heterocycles. The van der Waals surface area contributed by atoms with Crippen molar-refractivity contribution in [2.45, 2.75) is 13.8 Å². The molecule has 0 N–H and O–H groups in total. The second kappa shape index (κ2) is 4.85. The number of hydrogen-bond donors (Lipinski definition) is 0. The minimum Gasteiger partial charge on any atom is -0.378 e. The summed E-state index contributed by atoms with van der Waals surface area (Å²) in [5, 5.41) is 0. The van der Waals surface area contributed by atoms with Crippen LogP contribution >= 0.6 is 0 Å². The molecule has 0 atom stereocenters. The molecule has 0 saturated heterocycles. The molecular formula is C13H19N. The van der Waals surface area contributed by atoms with Crippen LogP contribution in [0.2, 0.25) is 0 Å². The lowest BCUT2D eigenvalue weighted by molar-refractivity contribution is 0.836. The fourth-order valence-electron chi connectivity index (χ4n) is 1.19. The molecule has 1 heteroatoms. The van der Waals surface area contributed by atoms with Crippen molar-refractivity contribution in [1.82, 2.24) is 0 Å². The minimum atomic E-state index is 0.614. The lowest BCUT2D eigenvalue weighted by Crippen LogP contribution is -2.07. The first kappa shape index (κ1) is 10.8. The Kier molecular flexibility index (Phi) is 3.75.